The van der Waals surface area contributed by atoms with E-state index in [1.807, 2.05) is 18.2 Å². The minimum absolute atomic E-state index is 0.758. The first kappa shape index (κ1) is 13.6. The van der Waals surface area contributed by atoms with Gasteiger partial charge in [0, 0.05) is 26.8 Å². The molecular weight excluding hydrogens is 314 g/mol. The standard InChI is InChI=1S/C22H14ClN/c23-15-7-5-6-14(12-15)19-13-21-22(17-9-2-1-8-16(17)19)18-10-3-4-11-20(18)24-21/h1-13,24H. The molecule has 24 heavy (non-hydrogen) atoms. The van der Waals surface area contributed by atoms with Crippen LogP contribution in [0.1, 0.15) is 0 Å². The second kappa shape index (κ2) is 5.12. The van der Waals surface area contributed by atoms with Crippen molar-refractivity contribution < 1.29 is 0 Å². The van der Waals surface area contributed by atoms with Gasteiger partial charge in [0.25, 0.3) is 0 Å². The highest BCUT2D eigenvalue weighted by Crippen LogP contribution is 2.38. The molecule has 5 rings (SSSR count). The predicted molar refractivity (Wildman–Crippen MR) is 104 cm³/mol. The summed E-state index contributed by atoms with van der Waals surface area (Å²) in [4.78, 5) is 3.56. The molecule has 4 aromatic carbocycles. The Morgan fingerprint density at radius 3 is 2.21 bits per heavy atom. The van der Waals surface area contributed by atoms with Gasteiger partial charge in [-0.25, -0.2) is 0 Å². The van der Waals surface area contributed by atoms with E-state index in [1.165, 1.54) is 32.6 Å². The summed E-state index contributed by atoms with van der Waals surface area (Å²) in [5.41, 5.74) is 4.66. The molecule has 0 aliphatic heterocycles. The van der Waals surface area contributed by atoms with Gasteiger partial charge in [0.1, 0.15) is 0 Å². The van der Waals surface area contributed by atoms with Gasteiger partial charge < -0.3 is 4.98 Å². The summed E-state index contributed by atoms with van der Waals surface area (Å²) >= 11 is 6.22. The van der Waals surface area contributed by atoms with Crippen LogP contribution >= 0.6 is 11.6 Å². The molecule has 0 saturated heterocycles. The molecule has 2 heteroatoms. The summed E-state index contributed by atoms with van der Waals surface area (Å²) < 4.78 is 0. The van der Waals surface area contributed by atoms with Crippen molar-refractivity contribution in [3.05, 3.63) is 83.9 Å². The van der Waals surface area contributed by atoms with Crippen molar-refractivity contribution in [2.24, 2.45) is 0 Å². The van der Waals surface area contributed by atoms with Gasteiger partial charge in [0.05, 0.1) is 0 Å². The van der Waals surface area contributed by atoms with Crippen LogP contribution in [0, 0.1) is 0 Å². The van der Waals surface area contributed by atoms with Gasteiger partial charge in [-0.2, -0.15) is 0 Å². The number of para-hydroxylation sites is 1. The van der Waals surface area contributed by atoms with Crippen molar-refractivity contribution in [1.29, 1.82) is 0 Å². The lowest BCUT2D eigenvalue weighted by Crippen LogP contribution is -1.83. The molecule has 1 nitrogen and oxygen atoms in total. The Balaban J connectivity index is 1.99. The Hall–Kier alpha value is -2.77. The molecule has 1 aromatic heterocycles. The number of halogens is 1. The molecule has 0 spiro atoms. The zero-order valence-corrected chi connectivity index (χ0v) is 13.6. The van der Waals surface area contributed by atoms with E-state index in [0.717, 1.165) is 16.1 Å². The van der Waals surface area contributed by atoms with Gasteiger partial charge in [-0.05, 0) is 46.2 Å². The summed E-state index contributed by atoms with van der Waals surface area (Å²) in [5, 5.41) is 5.82. The highest BCUT2D eigenvalue weighted by Gasteiger charge is 2.12. The molecule has 0 unspecified atom stereocenters. The maximum atomic E-state index is 6.22. The topological polar surface area (TPSA) is 15.8 Å². The second-order valence-corrected chi connectivity index (χ2v) is 6.51. The van der Waals surface area contributed by atoms with E-state index in [1.54, 1.807) is 0 Å². The van der Waals surface area contributed by atoms with Gasteiger partial charge in [0.15, 0.2) is 0 Å². The van der Waals surface area contributed by atoms with Crippen LogP contribution in [-0.4, -0.2) is 4.98 Å². The van der Waals surface area contributed by atoms with Crippen LogP contribution in [-0.2, 0) is 0 Å². The number of fused-ring (bicyclic) bond motifs is 5. The minimum atomic E-state index is 0.758. The van der Waals surface area contributed by atoms with Crippen molar-refractivity contribution in [2.75, 3.05) is 0 Å². The number of aromatic nitrogens is 1. The fourth-order valence-corrected chi connectivity index (χ4v) is 3.80. The highest BCUT2D eigenvalue weighted by atomic mass is 35.5. The molecule has 114 valence electrons. The molecule has 0 saturated carbocycles. The largest absolute Gasteiger partial charge is 0.354 e. The third kappa shape index (κ3) is 1.95. The lowest BCUT2D eigenvalue weighted by molar-refractivity contribution is 1.55. The van der Waals surface area contributed by atoms with E-state index in [0.29, 0.717) is 0 Å². The molecule has 0 radical (unpaired) electrons. The van der Waals surface area contributed by atoms with Crippen LogP contribution in [0.5, 0.6) is 0 Å². The number of rotatable bonds is 1. The van der Waals surface area contributed by atoms with Gasteiger partial charge in [-0.1, -0.05) is 66.2 Å². The van der Waals surface area contributed by atoms with Gasteiger partial charge >= 0.3 is 0 Å². The average molecular weight is 328 g/mol. The molecular formula is C22H14ClN. The summed E-state index contributed by atoms with van der Waals surface area (Å²) in [6.07, 6.45) is 0. The second-order valence-electron chi connectivity index (χ2n) is 6.07. The van der Waals surface area contributed by atoms with Crippen molar-refractivity contribution in [3.8, 4) is 11.1 Å². The number of H-pyrrole nitrogens is 1. The highest BCUT2D eigenvalue weighted by molar-refractivity contribution is 6.31. The van der Waals surface area contributed by atoms with E-state index >= 15 is 0 Å². The van der Waals surface area contributed by atoms with Gasteiger partial charge in [-0.15, -0.1) is 0 Å². The van der Waals surface area contributed by atoms with E-state index in [4.69, 9.17) is 11.6 Å². The van der Waals surface area contributed by atoms with Crippen molar-refractivity contribution in [3.63, 3.8) is 0 Å². The van der Waals surface area contributed by atoms with E-state index in [9.17, 15) is 0 Å². The fourth-order valence-electron chi connectivity index (χ4n) is 3.61. The third-order valence-corrected chi connectivity index (χ3v) is 4.88. The Bertz CT molecular complexity index is 1220. The quantitative estimate of drug-likeness (QED) is 0.348. The summed E-state index contributed by atoms with van der Waals surface area (Å²) in [6.45, 7) is 0. The molecule has 0 amide bonds. The van der Waals surface area contributed by atoms with Crippen LogP contribution in [0.2, 0.25) is 5.02 Å². The van der Waals surface area contributed by atoms with Crippen molar-refractivity contribution >= 4 is 44.2 Å². The number of nitrogens with one attached hydrogen (secondary N) is 1. The van der Waals surface area contributed by atoms with Crippen molar-refractivity contribution in [1.82, 2.24) is 4.98 Å². The smallest absolute Gasteiger partial charge is 0.0477 e. The first-order valence-corrected chi connectivity index (χ1v) is 8.37. The maximum Gasteiger partial charge on any atom is 0.0477 e. The summed E-state index contributed by atoms with van der Waals surface area (Å²) in [5.74, 6) is 0. The van der Waals surface area contributed by atoms with E-state index in [-0.39, 0.29) is 0 Å². The van der Waals surface area contributed by atoms with Gasteiger partial charge in [-0.3, -0.25) is 0 Å². The molecule has 0 fully saturated rings. The number of benzene rings is 4. The molecule has 0 bridgehead atoms. The molecule has 1 N–H and O–H groups in total. The molecule has 0 aliphatic rings. The normalized spacial score (nSPS) is 11.5. The van der Waals surface area contributed by atoms with Crippen LogP contribution in [0.15, 0.2) is 78.9 Å². The summed E-state index contributed by atoms with van der Waals surface area (Å²) in [6, 6.07) is 27.3. The molecule has 0 atom stereocenters. The SMILES string of the molecule is Clc1cccc(-c2cc3[nH]c4ccccc4c3c3ccccc23)c1. The maximum absolute atomic E-state index is 6.22. The molecule has 5 aromatic rings. The zero-order chi connectivity index (χ0) is 16.1. The van der Waals surface area contributed by atoms with Gasteiger partial charge in [0.2, 0.25) is 0 Å². The number of hydrogen-bond donors (Lipinski definition) is 1. The third-order valence-electron chi connectivity index (χ3n) is 4.65. The van der Waals surface area contributed by atoms with Crippen LogP contribution < -0.4 is 0 Å². The zero-order valence-electron chi connectivity index (χ0n) is 12.9. The van der Waals surface area contributed by atoms with Crippen LogP contribution in [0.4, 0.5) is 0 Å². The number of hydrogen-bond acceptors (Lipinski definition) is 0. The first-order valence-electron chi connectivity index (χ1n) is 7.99. The van der Waals surface area contributed by atoms with Crippen LogP contribution in [0.25, 0.3) is 43.7 Å². The number of aromatic amines is 1. The Morgan fingerprint density at radius 2 is 1.38 bits per heavy atom. The Labute approximate surface area is 144 Å². The average Bonchev–Trinajstić information content (AvgIpc) is 2.99. The Kier molecular flexibility index (Phi) is 2.91. The monoisotopic (exact) mass is 327 g/mol. The molecule has 1 heterocycles. The lowest BCUT2D eigenvalue weighted by Gasteiger charge is -2.09. The van der Waals surface area contributed by atoms with E-state index < -0.39 is 0 Å². The van der Waals surface area contributed by atoms with E-state index in [2.05, 4.69) is 65.6 Å². The molecule has 0 aliphatic carbocycles. The lowest BCUT2D eigenvalue weighted by atomic mass is 9.95. The van der Waals surface area contributed by atoms with Crippen LogP contribution in [0.3, 0.4) is 0 Å². The first-order chi connectivity index (χ1) is 11.8. The summed E-state index contributed by atoms with van der Waals surface area (Å²) in [7, 11) is 0. The predicted octanol–water partition coefficient (Wildman–Crippen LogP) is 6.79. The minimum Gasteiger partial charge on any atom is -0.354 e. The fraction of sp³-hybridized carbons (Fsp3) is 0. The Morgan fingerprint density at radius 1 is 0.625 bits per heavy atom. The van der Waals surface area contributed by atoms with Crippen molar-refractivity contribution in [2.45, 2.75) is 0 Å².